The molecule has 4 rings (SSSR count). The third kappa shape index (κ3) is 2.86. The average molecular weight is 381 g/mol. The first-order chi connectivity index (χ1) is 11.9. The molecule has 1 fully saturated rings. The first kappa shape index (κ1) is 16.3. The summed E-state index contributed by atoms with van der Waals surface area (Å²) in [6, 6.07) is 4.42. The van der Waals surface area contributed by atoms with Crippen molar-refractivity contribution in [2.24, 2.45) is 7.05 Å². The topological polar surface area (TPSA) is 94.6 Å². The Labute approximate surface area is 147 Å². The van der Waals surface area contributed by atoms with Gasteiger partial charge in [-0.2, -0.15) is 4.31 Å². The smallest absolute Gasteiger partial charge is 0.419 e. The summed E-state index contributed by atoms with van der Waals surface area (Å²) in [6.07, 6.45) is 2.03. The summed E-state index contributed by atoms with van der Waals surface area (Å²) in [5, 5.41) is 2.35. The van der Waals surface area contributed by atoms with Gasteiger partial charge in [0.05, 0.1) is 17.0 Å². The number of thiazole rings is 1. The van der Waals surface area contributed by atoms with Gasteiger partial charge in [-0.3, -0.25) is 4.57 Å². The minimum atomic E-state index is -3.67. The highest BCUT2D eigenvalue weighted by molar-refractivity contribution is 7.89. The van der Waals surface area contributed by atoms with Crippen LogP contribution in [0.3, 0.4) is 0 Å². The summed E-state index contributed by atoms with van der Waals surface area (Å²) in [6.45, 7) is 0.644. The van der Waals surface area contributed by atoms with Crippen molar-refractivity contribution in [2.75, 3.05) is 13.1 Å². The molecular weight excluding hydrogens is 366 g/mol. The lowest BCUT2D eigenvalue weighted by molar-refractivity contribution is 0.214. The Kier molecular flexibility index (Phi) is 3.89. The van der Waals surface area contributed by atoms with Gasteiger partial charge in [0.1, 0.15) is 6.10 Å². The first-order valence-electron chi connectivity index (χ1n) is 7.61. The summed E-state index contributed by atoms with van der Waals surface area (Å²) in [4.78, 5) is 15.8. The number of sulfonamides is 1. The van der Waals surface area contributed by atoms with Gasteiger partial charge in [-0.15, -0.1) is 0 Å². The number of oxazole rings is 1. The quantitative estimate of drug-likeness (QED) is 0.679. The molecule has 132 valence electrons. The van der Waals surface area contributed by atoms with Crippen LogP contribution >= 0.6 is 11.3 Å². The van der Waals surface area contributed by atoms with Crippen LogP contribution in [0, 0.1) is 0 Å². The second-order valence-electron chi connectivity index (χ2n) is 5.75. The third-order valence-electron chi connectivity index (χ3n) is 4.19. The molecule has 1 atom stereocenters. The van der Waals surface area contributed by atoms with E-state index < -0.39 is 15.8 Å². The molecule has 0 amide bonds. The zero-order valence-corrected chi connectivity index (χ0v) is 14.9. The number of aromatic nitrogens is 2. The standard InChI is InChI=1S/C15H15N3O5S2/c1-17-12-8-11(2-3-13(12)23-15(17)19)25(20,21)18-6-4-10(9-18)22-14-16-5-7-24-14/h2-3,5,7-8,10H,4,6,9H2,1H3. The monoisotopic (exact) mass is 381 g/mol. The fourth-order valence-corrected chi connectivity index (χ4v) is 4.90. The Bertz CT molecular complexity index is 1070. The van der Waals surface area contributed by atoms with Crippen molar-refractivity contribution in [1.82, 2.24) is 13.9 Å². The lowest BCUT2D eigenvalue weighted by Crippen LogP contribution is -2.31. The van der Waals surface area contributed by atoms with Crippen LogP contribution in [0.5, 0.6) is 5.19 Å². The Morgan fingerprint density at radius 1 is 1.40 bits per heavy atom. The van der Waals surface area contributed by atoms with Crippen molar-refractivity contribution in [3.63, 3.8) is 0 Å². The maximum Gasteiger partial charge on any atom is 0.419 e. The van der Waals surface area contributed by atoms with Crippen molar-refractivity contribution < 1.29 is 17.6 Å². The molecule has 0 aliphatic carbocycles. The van der Waals surface area contributed by atoms with E-state index in [1.165, 1.54) is 45.5 Å². The molecule has 0 N–H and O–H groups in total. The Morgan fingerprint density at radius 2 is 2.24 bits per heavy atom. The van der Waals surface area contributed by atoms with Crippen molar-refractivity contribution in [3.05, 3.63) is 40.3 Å². The van der Waals surface area contributed by atoms with E-state index in [4.69, 9.17) is 9.15 Å². The van der Waals surface area contributed by atoms with Gasteiger partial charge < -0.3 is 9.15 Å². The summed E-state index contributed by atoms with van der Waals surface area (Å²) in [5.41, 5.74) is 0.804. The van der Waals surface area contributed by atoms with Crippen LogP contribution in [-0.4, -0.2) is 41.5 Å². The van der Waals surface area contributed by atoms with E-state index in [0.717, 1.165) is 0 Å². The normalized spacial score (nSPS) is 18.8. The lowest BCUT2D eigenvalue weighted by atomic mass is 10.3. The van der Waals surface area contributed by atoms with Gasteiger partial charge in [0.25, 0.3) is 5.19 Å². The molecule has 0 bridgehead atoms. The van der Waals surface area contributed by atoms with Gasteiger partial charge in [0, 0.05) is 25.2 Å². The molecule has 1 saturated heterocycles. The van der Waals surface area contributed by atoms with Crippen molar-refractivity contribution in [3.8, 4) is 5.19 Å². The molecule has 2 aromatic heterocycles. The van der Waals surface area contributed by atoms with E-state index >= 15 is 0 Å². The zero-order chi connectivity index (χ0) is 17.6. The van der Waals surface area contributed by atoms with Crippen molar-refractivity contribution in [2.45, 2.75) is 17.4 Å². The summed E-state index contributed by atoms with van der Waals surface area (Å²) < 4.78 is 39.2. The van der Waals surface area contributed by atoms with Crippen LogP contribution in [0.2, 0.25) is 0 Å². The van der Waals surface area contributed by atoms with E-state index in [2.05, 4.69) is 4.98 Å². The molecule has 1 unspecified atom stereocenters. The number of nitrogens with zero attached hydrogens (tertiary/aromatic N) is 3. The van der Waals surface area contributed by atoms with Gasteiger partial charge in [-0.25, -0.2) is 18.2 Å². The summed E-state index contributed by atoms with van der Waals surface area (Å²) in [7, 11) is -2.13. The van der Waals surface area contributed by atoms with Gasteiger partial charge in [-0.05, 0) is 24.6 Å². The van der Waals surface area contributed by atoms with Crippen molar-refractivity contribution in [1.29, 1.82) is 0 Å². The van der Waals surface area contributed by atoms with Crippen LogP contribution < -0.4 is 10.5 Å². The van der Waals surface area contributed by atoms with E-state index in [1.807, 2.05) is 5.38 Å². The van der Waals surface area contributed by atoms with E-state index in [1.54, 1.807) is 6.20 Å². The lowest BCUT2D eigenvalue weighted by Gasteiger charge is -2.16. The van der Waals surface area contributed by atoms with E-state index in [0.29, 0.717) is 29.3 Å². The van der Waals surface area contributed by atoms with Gasteiger partial charge in [0.2, 0.25) is 10.0 Å². The molecule has 1 aliphatic heterocycles. The summed E-state index contributed by atoms with van der Waals surface area (Å²) in [5.74, 6) is -0.525. The predicted molar refractivity (Wildman–Crippen MR) is 91.4 cm³/mol. The van der Waals surface area contributed by atoms with Crippen LogP contribution in [0.1, 0.15) is 6.42 Å². The number of rotatable bonds is 4. The molecule has 3 heterocycles. The fraction of sp³-hybridized carbons (Fsp3) is 0.333. The van der Waals surface area contributed by atoms with Crippen LogP contribution in [0.25, 0.3) is 11.1 Å². The number of benzene rings is 1. The molecule has 3 aromatic rings. The second-order valence-corrected chi connectivity index (χ2v) is 8.54. The molecule has 0 radical (unpaired) electrons. The SMILES string of the molecule is Cn1c(=O)oc2ccc(S(=O)(=O)N3CCC(Oc4nccs4)C3)cc21. The fourth-order valence-electron chi connectivity index (χ4n) is 2.84. The largest absolute Gasteiger partial charge is 0.465 e. The maximum atomic E-state index is 12.9. The number of aryl methyl sites for hydroxylation is 1. The molecule has 0 saturated carbocycles. The third-order valence-corrected chi connectivity index (χ3v) is 6.71. The van der Waals surface area contributed by atoms with E-state index in [-0.39, 0.29) is 17.5 Å². The Hall–Kier alpha value is -2.17. The average Bonchev–Trinajstić information content (AvgIpc) is 3.31. The zero-order valence-electron chi connectivity index (χ0n) is 13.3. The van der Waals surface area contributed by atoms with Crippen LogP contribution in [-0.2, 0) is 17.1 Å². The highest BCUT2D eigenvalue weighted by Gasteiger charge is 2.34. The number of hydrogen-bond acceptors (Lipinski definition) is 7. The molecule has 8 nitrogen and oxygen atoms in total. The first-order valence-corrected chi connectivity index (χ1v) is 9.93. The Balaban J connectivity index is 1.59. The molecule has 10 heteroatoms. The maximum absolute atomic E-state index is 12.9. The van der Waals surface area contributed by atoms with Gasteiger partial charge in [-0.1, -0.05) is 11.3 Å². The number of fused-ring (bicyclic) bond motifs is 1. The molecule has 1 aliphatic rings. The van der Waals surface area contributed by atoms with Gasteiger partial charge >= 0.3 is 5.76 Å². The minimum absolute atomic E-state index is 0.131. The Morgan fingerprint density at radius 3 is 3.00 bits per heavy atom. The highest BCUT2D eigenvalue weighted by atomic mass is 32.2. The molecule has 0 spiro atoms. The molecule has 25 heavy (non-hydrogen) atoms. The minimum Gasteiger partial charge on any atom is -0.465 e. The van der Waals surface area contributed by atoms with Crippen molar-refractivity contribution >= 4 is 32.5 Å². The predicted octanol–water partition coefficient (Wildman–Crippen LogP) is 1.43. The number of hydrogen-bond donors (Lipinski definition) is 0. The number of ether oxygens (including phenoxy) is 1. The highest BCUT2D eigenvalue weighted by Crippen LogP contribution is 2.26. The molecule has 1 aromatic carbocycles. The van der Waals surface area contributed by atoms with Crippen LogP contribution in [0.4, 0.5) is 0 Å². The van der Waals surface area contributed by atoms with Crippen LogP contribution in [0.15, 0.2) is 43.9 Å². The van der Waals surface area contributed by atoms with E-state index in [9.17, 15) is 13.2 Å². The van der Waals surface area contributed by atoms with Gasteiger partial charge in [0.15, 0.2) is 5.58 Å². The second kappa shape index (κ2) is 5.97. The summed E-state index contributed by atoms with van der Waals surface area (Å²) >= 11 is 1.38. The molecular formula is C15H15N3O5S2.